The lowest BCUT2D eigenvalue weighted by Crippen LogP contribution is -2.50. The topological polar surface area (TPSA) is 72.9 Å². The van der Waals surface area contributed by atoms with Crippen LogP contribution in [0.25, 0.3) is 11.0 Å². The van der Waals surface area contributed by atoms with Crippen molar-refractivity contribution >= 4 is 28.3 Å². The zero-order valence-corrected chi connectivity index (χ0v) is 15.1. The third kappa shape index (κ3) is 3.41. The summed E-state index contributed by atoms with van der Waals surface area (Å²) >= 11 is 0.701. The van der Waals surface area contributed by atoms with Crippen molar-refractivity contribution in [2.45, 2.75) is 31.6 Å². The summed E-state index contributed by atoms with van der Waals surface area (Å²) in [5, 5.41) is 6.94. The third-order valence-electron chi connectivity index (χ3n) is 4.57. The standard InChI is InChI=1S/C16H15F5N6S/c17-7-3-9(19)13-11(4-7)27(6-12-24-25-15(28-12)14(20)21)16(23-13)26-2-1-8(18)10(22)5-26/h3-4,8,10,14H,1-2,5-6,22H2/t8-,10-/m1/s1. The zero-order chi connectivity index (χ0) is 20.0. The number of fused-ring (bicyclic) bond motifs is 1. The van der Waals surface area contributed by atoms with Gasteiger partial charge in [0, 0.05) is 25.2 Å². The Morgan fingerprint density at radius 3 is 2.71 bits per heavy atom. The smallest absolute Gasteiger partial charge is 0.291 e. The van der Waals surface area contributed by atoms with E-state index >= 15 is 0 Å². The van der Waals surface area contributed by atoms with E-state index in [1.54, 1.807) is 4.90 Å². The number of rotatable bonds is 4. The molecule has 1 fully saturated rings. The largest absolute Gasteiger partial charge is 0.340 e. The molecule has 2 aromatic heterocycles. The van der Waals surface area contributed by atoms with Crippen LogP contribution in [-0.4, -0.2) is 45.1 Å². The van der Waals surface area contributed by atoms with Gasteiger partial charge in [-0.05, 0) is 6.42 Å². The van der Waals surface area contributed by atoms with Gasteiger partial charge in [-0.2, -0.15) is 0 Å². The number of hydrogen-bond donors (Lipinski definition) is 1. The first kappa shape index (κ1) is 19.0. The minimum Gasteiger partial charge on any atom is -0.340 e. The molecule has 0 aliphatic carbocycles. The first-order valence-corrected chi connectivity index (χ1v) is 9.25. The average Bonchev–Trinajstić information content (AvgIpc) is 3.24. The van der Waals surface area contributed by atoms with E-state index in [2.05, 4.69) is 15.2 Å². The van der Waals surface area contributed by atoms with Gasteiger partial charge in [0.05, 0.1) is 18.1 Å². The molecule has 1 aliphatic heterocycles. The molecule has 6 nitrogen and oxygen atoms in total. The summed E-state index contributed by atoms with van der Waals surface area (Å²) in [6.45, 7) is 0.345. The van der Waals surface area contributed by atoms with Crippen molar-refractivity contribution in [3.05, 3.63) is 33.8 Å². The Morgan fingerprint density at radius 1 is 1.25 bits per heavy atom. The van der Waals surface area contributed by atoms with Gasteiger partial charge in [0.15, 0.2) is 10.8 Å². The highest BCUT2D eigenvalue weighted by molar-refractivity contribution is 7.11. The lowest BCUT2D eigenvalue weighted by Gasteiger charge is -2.34. The highest BCUT2D eigenvalue weighted by Gasteiger charge is 2.30. The van der Waals surface area contributed by atoms with E-state index in [0.29, 0.717) is 17.4 Å². The molecule has 1 saturated heterocycles. The van der Waals surface area contributed by atoms with Crippen molar-refractivity contribution in [3.8, 4) is 0 Å². The summed E-state index contributed by atoms with van der Waals surface area (Å²) in [6.07, 6.45) is -3.77. The van der Waals surface area contributed by atoms with Crippen molar-refractivity contribution < 1.29 is 22.0 Å². The lowest BCUT2D eigenvalue weighted by molar-refractivity contribution is 0.150. The Balaban J connectivity index is 1.79. The highest BCUT2D eigenvalue weighted by atomic mass is 32.1. The first-order chi connectivity index (χ1) is 13.3. The molecule has 1 aliphatic rings. The maximum Gasteiger partial charge on any atom is 0.291 e. The Hall–Kier alpha value is -2.34. The fourth-order valence-corrected chi connectivity index (χ4v) is 3.91. The predicted molar refractivity (Wildman–Crippen MR) is 93.3 cm³/mol. The van der Waals surface area contributed by atoms with Gasteiger partial charge in [-0.25, -0.2) is 26.9 Å². The van der Waals surface area contributed by atoms with Crippen molar-refractivity contribution in [2.75, 3.05) is 18.0 Å². The van der Waals surface area contributed by atoms with Crippen LogP contribution in [0.4, 0.5) is 27.9 Å². The molecule has 28 heavy (non-hydrogen) atoms. The van der Waals surface area contributed by atoms with Gasteiger partial charge >= 0.3 is 0 Å². The van der Waals surface area contributed by atoms with Crippen LogP contribution in [-0.2, 0) is 6.54 Å². The van der Waals surface area contributed by atoms with Gasteiger partial charge in [0.25, 0.3) is 6.43 Å². The van der Waals surface area contributed by atoms with Gasteiger partial charge in [-0.3, -0.25) is 0 Å². The van der Waals surface area contributed by atoms with Crippen LogP contribution in [0, 0.1) is 11.6 Å². The van der Waals surface area contributed by atoms with Gasteiger partial charge in [-0.15, -0.1) is 10.2 Å². The van der Waals surface area contributed by atoms with E-state index in [1.807, 2.05) is 0 Å². The number of nitrogens with two attached hydrogens (primary N) is 1. The molecule has 0 saturated carbocycles. The number of piperidine rings is 1. The molecule has 150 valence electrons. The van der Waals surface area contributed by atoms with Crippen molar-refractivity contribution in [1.82, 2.24) is 19.7 Å². The van der Waals surface area contributed by atoms with Gasteiger partial charge in [0.1, 0.15) is 22.5 Å². The van der Waals surface area contributed by atoms with Crippen LogP contribution in [0.2, 0.25) is 0 Å². The van der Waals surface area contributed by atoms with Crippen LogP contribution in [0.15, 0.2) is 12.1 Å². The molecule has 0 radical (unpaired) electrons. The lowest BCUT2D eigenvalue weighted by atomic mass is 10.1. The summed E-state index contributed by atoms with van der Waals surface area (Å²) in [7, 11) is 0. The van der Waals surface area contributed by atoms with E-state index in [9.17, 15) is 22.0 Å². The van der Waals surface area contributed by atoms with Gasteiger partial charge in [-0.1, -0.05) is 11.3 Å². The zero-order valence-electron chi connectivity index (χ0n) is 14.3. The summed E-state index contributed by atoms with van der Waals surface area (Å²) in [5.74, 6) is -1.41. The number of alkyl halides is 3. The molecule has 1 aromatic carbocycles. The van der Waals surface area contributed by atoms with Gasteiger partial charge in [0.2, 0.25) is 5.95 Å². The summed E-state index contributed by atoms with van der Waals surface area (Å²) in [6, 6.07) is 1.06. The van der Waals surface area contributed by atoms with Crippen LogP contribution in [0.5, 0.6) is 0 Å². The Bertz CT molecular complexity index is 1000. The molecule has 0 amide bonds. The van der Waals surface area contributed by atoms with Crippen LogP contribution in [0.1, 0.15) is 22.9 Å². The quantitative estimate of drug-likeness (QED) is 0.660. The molecule has 2 atom stereocenters. The van der Waals surface area contributed by atoms with Crippen LogP contribution < -0.4 is 10.6 Å². The number of halogens is 5. The maximum atomic E-state index is 14.3. The maximum absolute atomic E-state index is 14.3. The summed E-state index contributed by atoms with van der Waals surface area (Å²) in [5.41, 5.74) is 5.86. The highest BCUT2D eigenvalue weighted by Crippen LogP contribution is 2.30. The molecular formula is C16H15F5N6S. The normalized spacial score (nSPS) is 20.5. The molecule has 3 aromatic rings. The Kier molecular flexibility index (Phi) is 4.91. The SMILES string of the molecule is N[C@@H]1CN(c2nc3c(F)cc(F)cc3n2Cc2nnc(C(F)F)s2)CC[C@H]1F. The average molecular weight is 418 g/mol. The summed E-state index contributed by atoms with van der Waals surface area (Å²) < 4.78 is 68.9. The summed E-state index contributed by atoms with van der Waals surface area (Å²) in [4.78, 5) is 5.93. The number of imidazole rings is 1. The number of nitrogens with zero attached hydrogens (tertiary/aromatic N) is 5. The number of benzene rings is 1. The second-order valence-electron chi connectivity index (χ2n) is 6.50. The van der Waals surface area contributed by atoms with E-state index < -0.39 is 35.3 Å². The second kappa shape index (κ2) is 7.24. The molecule has 0 unspecified atom stereocenters. The fourth-order valence-electron chi connectivity index (χ4n) is 3.22. The van der Waals surface area contributed by atoms with Crippen LogP contribution in [0.3, 0.4) is 0 Å². The fraction of sp³-hybridized carbons (Fsp3) is 0.438. The molecule has 12 heteroatoms. The number of anilines is 1. The van der Waals surface area contributed by atoms with E-state index in [4.69, 9.17) is 5.73 Å². The molecule has 3 heterocycles. The van der Waals surface area contributed by atoms with Crippen molar-refractivity contribution in [1.29, 1.82) is 0 Å². The van der Waals surface area contributed by atoms with E-state index in [1.165, 1.54) is 4.57 Å². The second-order valence-corrected chi connectivity index (χ2v) is 7.60. The molecule has 0 bridgehead atoms. The van der Waals surface area contributed by atoms with Crippen LogP contribution >= 0.6 is 11.3 Å². The number of hydrogen-bond acceptors (Lipinski definition) is 6. The van der Waals surface area contributed by atoms with Gasteiger partial charge < -0.3 is 15.2 Å². The third-order valence-corrected chi connectivity index (χ3v) is 5.48. The first-order valence-electron chi connectivity index (χ1n) is 8.43. The Labute approximate surface area is 159 Å². The van der Waals surface area contributed by atoms with E-state index in [0.717, 1.165) is 6.07 Å². The predicted octanol–water partition coefficient (Wildman–Crippen LogP) is 3.03. The molecule has 2 N–H and O–H groups in total. The monoisotopic (exact) mass is 418 g/mol. The Morgan fingerprint density at radius 2 is 2.04 bits per heavy atom. The van der Waals surface area contributed by atoms with Crippen molar-refractivity contribution in [3.63, 3.8) is 0 Å². The molecular weight excluding hydrogens is 403 g/mol. The van der Waals surface area contributed by atoms with E-state index in [-0.39, 0.29) is 48.0 Å². The minimum atomic E-state index is -2.76. The minimum absolute atomic E-state index is 0.0656. The number of aromatic nitrogens is 4. The molecule has 4 rings (SSSR count). The molecule has 0 spiro atoms. The van der Waals surface area contributed by atoms with Crippen molar-refractivity contribution in [2.24, 2.45) is 5.73 Å².